The van der Waals surface area contributed by atoms with Crippen LogP contribution in [0.2, 0.25) is 0 Å². The van der Waals surface area contributed by atoms with Crippen LogP contribution in [0.5, 0.6) is 0 Å². The average molecular weight is 473 g/mol. The van der Waals surface area contributed by atoms with Gasteiger partial charge in [-0.2, -0.15) is 0 Å². The van der Waals surface area contributed by atoms with Gasteiger partial charge in [0.2, 0.25) is 0 Å². The largest absolute Gasteiger partial charge is 0.480 e. The fourth-order valence-corrected chi connectivity index (χ4v) is 3.92. The number of carbonyl (C=O) groups is 2. The first-order valence-corrected chi connectivity index (χ1v) is 13.4. The molecule has 0 amide bonds. The lowest BCUT2D eigenvalue weighted by atomic mass is 10.0. The number of hydrogen-bond acceptors (Lipinski definition) is 5. The van der Waals surface area contributed by atoms with E-state index in [2.05, 4.69) is 19.2 Å². The van der Waals surface area contributed by atoms with Crippen LogP contribution in [0.1, 0.15) is 104 Å². The van der Waals surface area contributed by atoms with Gasteiger partial charge in [-0.25, -0.2) is 4.79 Å². The number of carboxylic acid groups (broad SMARTS) is 2. The van der Waals surface area contributed by atoms with Crippen LogP contribution in [0.25, 0.3) is 0 Å². The molecular formula is C26H52N2O5. The van der Waals surface area contributed by atoms with Gasteiger partial charge in [-0.1, -0.05) is 97.3 Å². The summed E-state index contributed by atoms with van der Waals surface area (Å²) in [5, 5.41) is 20.9. The Hall–Kier alpha value is -1.18. The fourth-order valence-electron chi connectivity index (χ4n) is 3.92. The highest BCUT2D eigenvalue weighted by molar-refractivity contribution is 5.69. The normalized spacial score (nSPS) is 11.5. The Balaban J connectivity index is 3.39. The van der Waals surface area contributed by atoms with Crippen LogP contribution in [-0.4, -0.2) is 73.0 Å². The smallest absolute Gasteiger partial charge is 0.329 e. The molecule has 0 rings (SSSR count). The summed E-state index contributed by atoms with van der Waals surface area (Å²) in [5.41, 5.74) is 0. The molecule has 0 bridgehead atoms. The summed E-state index contributed by atoms with van der Waals surface area (Å²) < 4.78 is 5.00. The minimum absolute atomic E-state index is 0.0591. The molecule has 0 unspecified atom stereocenters. The molecule has 0 fully saturated rings. The number of hydrogen-bond donors (Lipinski definition) is 3. The van der Waals surface area contributed by atoms with E-state index in [1.165, 1.54) is 83.5 Å². The molecule has 0 spiro atoms. The Labute approximate surface area is 202 Å². The fraction of sp³-hybridized carbons (Fsp3) is 0.923. The van der Waals surface area contributed by atoms with E-state index in [-0.39, 0.29) is 19.8 Å². The van der Waals surface area contributed by atoms with Crippen molar-refractivity contribution in [1.29, 1.82) is 0 Å². The zero-order valence-electron chi connectivity index (χ0n) is 21.5. The van der Waals surface area contributed by atoms with Gasteiger partial charge in [-0.05, 0) is 18.9 Å². The molecule has 0 aromatic rings. The lowest BCUT2D eigenvalue weighted by Crippen LogP contribution is -2.38. The molecule has 0 aromatic heterocycles. The molecule has 33 heavy (non-hydrogen) atoms. The molecule has 3 N–H and O–H groups in total. The van der Waals surface area contributed by atoms with Crippen LogP contribution in [0.4, 0.5) is 0 Å². The summed E-state index contributed by atoms with van der Waals surface area (Å²) in [6, 6.07) is 0. The standard InChI is InChI=1S/C26H52N2O5/c1-24(2)16-14-12-10-8-6-4-3-5-7-9-11-13-15-17-27-18-19-28(22-25(29)30)20-21-33-23-26(31)32/h24,27H,3-23H2,1-2H3,(H,29,30)(H,31,32). The Morgan fingerprint density at radius 1 is 0.727 bits per heavy atom. The topological polar surface area (TPSA) is 99.1 Å². The van der Waals surface area contributed by atoms with Gasteiger partial charge in [0, 0.05) is 19.6 Å². The van der Waals surface area contributed by atoms with Crippen LogP contribution in [0.15, 0.2) is 0 Å². The molecule has 0 saturated carbocycles. The Kier molecular flexibility index (Phi) is 23.1. The highest BCUT2D eigenvalue weighted by atomic mass is 16.5. The van der Waals surface area contributed by atoms with Crippen molar-refractivity contribution in [1.82, 2.24) is 10.2 Å². The second-order valence-corrected chi connectivity index (χ2v) is 9.64. The summed E-state index contributed by atoms with van der Waals surface area (Å²) in [6.45, 7) is 7.14. The molecule has 7 heteroatoms. The number of carboxylic acids is 2. The van der Waals surface area contributed by atoms with Crippen molar-refractivity contribution in [2.75, 3.05) is 45.9 Å². The van der Waals surface area contributed by atoms with Crippen LogP contribution in [-0.2, 0) is 14.3 Å². The van der Waals surface area contributed by atoms with Gasteiger partial charge >= 0.3 is 11.9 Å². The number of unbranched alkanes of at least 4 members (excludes halogenated alkanes) is 12. The molecule has 7 nitrogen and oxygen atoms in total. The molecule has 0 aliphatic rings. The molecule has 0 atom stereocenters. The monoisotopic (exact) mass is 472 g/mol. The number of nitrogens with zero attached hydrogens (tertiary/aromatic N) is 1. The minimum atomic E-state index is -1.01. The van der Waals surface area contributed by atoms with Crippen molar-refractivity contribution in [3.63, 3.8) is 0 Å². The number of rotatable bonds is 26. The van der Waals surface area contributed by atoms with E-state index in [0.717, 1.165) is 25.4 Å². The van der Waals surface area contributed by atoms with E-state index in [0.29, 0.717) is 13.1 Å². The maximum Gasteiger partial charge on any atom is 0.329 e. The van der Waals surface area contributed by atoms with Gasteiger partial charge in [0.05, 0.1) is 13.2 Å². The van der Waals surface area contributed by atoms with Crippen LogP contribution in [0.3, 0.4) is 0 Å². The van der Waals surface area contributed by atoms with E-state index in [1.54, 1.807) is 4.90 Å². The van der Waals surface area contributed by atoms with Crippen molar-refractivity contribution in [3.05, 3.63) is 0 Å². The molecule has 0 aliphatic heterocycles. The lowest BCUT2D eigenvalue weighted by Gasteiger charge is -2.20. The van der Waals surface area contributed by atoms with Crippen molar-refractivity contribution >= 4 is 11.9 Å². The van der Waals surface area contributed by atoms with E-state index in [1.807, 2.05) is 0 Å². The van der Waals surface area contributed by atoms with E-state index in [4.69, 9.17) is 14.9 Å². The maximum absolute atomic E-state index is 11.0. The first kappa shape index (κ1) is 31.8. The summed E-state index contributed by atoms with van der Waals surface area (Å²) in [4.78, 5) is 23.2. The number of ether oxygens (including phenoxy) is 1. The molecule has 0 heterocycles. The first-order valence-electron chi connectivity index (χ1n) is 13.4. The van der Waals surface area contributed by atoms with Crippen molar-refractivity contribution < 1.29 is 24.5 Å². The summed E-state index contributed by atoms with van der Waals surface area (Å²) >= 11 is 0. The van der Waals surface area contributed by atoms with Crippen LogP contribution >= 0.6 is 0 Å². The Bertz CT molecular complexity index is 460. The van der Waals surface area contributed by atoms with Gasteiger partial charge in [0.25, 0.3) is 0 Å². The van der Waals surface area contributed by atoms with Gasteiger partial charge in [0.1, 0.15) is 6.61 Å². The van der Waals surface area contributed by atoms with Gasteiger partial charge in [0.15, 0.2) is 0 Å². The Morgan fingerprint density at radius 3 is 1.73 bits per heavy atom. The summed E-state index contributed by atoms with van der Waals surface area (Å²) in [6.07, 6.45) is 19.0. The van der Waals surface area contributed by atoms with E-state index in [9.17, 15) is 9.59 Å². The van der Waals surface area contributed by atoms with Crippen LogP contribution in [0, 0.1) is 5.92 Å². The number of aliphatic carboxylic acids is 2. The van der Waals surface area contributed by atoms with Gasteiger partial charge < -0.3 is 20.3 Å². The Morgan fingerprint density at radius 2 is 1.24 bits per heavy atom. The third-order valence-corrected chi connectivity index (χ3v) is 5.88. The number of nitrogens with one attached hydrogen (secondary N) is 1. The second-order valence-electron chi connectivity index (χ2n) is 9.64. The molecular weight excluding hydrogens is 420 g/mol. The average Bonchev–Trinajstić information content (AvgIpc) is 2.74. The molecule has 0 radical (unpaired) electrons. The third-order valence-electron chi connectivity index (χ3n) is 5.88. The highest BCUT2D eigenvalue weighted by Gasteiger charge is 2.09. The first-order chi connectivity index (χ1) is 15.9. The van der Waals surface area contributed by atoms with Gasteiger partial charge in [-0.15, -0.1) is 0 Å². The molecule has 0 aromatic carbocycles. The van der Waals surface area contributed by atoms with Crippen molar-refractivity contribution in [2.24, 2.45) is 5.92 Å². The van der Waals surface area contributed by atoms with Gasteiger partial charge in [-0.3, -0.25) is 9.69 Å². The summed E-state index contributed by atoms with van der Waals surface area (Å²) in [7, 11) is 0. The third kappa shape index (κ3) is 26.9. The zero-order chi connectivity index (χ0) is 24.6. The molecule has 196 valence electrons. The highest BCUT2D eigenvalue weighted by Crippen LogP contribution is 2.14. The second kappa shape index (κ2) is 24.0. The predicted molar refractivity (Wildman–Crippen MR) is 135 cm³/mol. The quantitative estimate of drug-likeness (QED) is 0.149. The van der Waals surface area contributed by atoms with E-state index >= 15 is 0 Å². The SMILES string of the molecule is CC(C)CCCCCCCCCCCCCCCNCCN(CCOCC(=O)O)CC(=O)O. The van der Waals surface area contributed by atoms with E-state index < -0.39 is 11.9 Å². The van der Waals surface area contributed by atoms with Crippen LogP contribution < -0.4 is 5.32 Å². The minimum Gasteiger partial charge on any atom is -0.480 e. The molecule has 0 saturated heterocycles. The van der Waals surface area contributed by atoms with Crippen molar-refractivity contribution in [2.45, 2.75) is 104 Å². The predicted octanol–water partition coefficient (Wildman–Crippen LogP) is 5.18. The maximum atomic E-state index is 11.0. The lowest BCUT2D eigenvalue weighted by molar-refractivity contribution is -0.143. The summed E-state index contributed by atoms with van der Waals surface area (Å²) in [5.74, 6) is -1.04. The molecule has 0 aliphatic carbocycles. The zero-order valence-corrected chi connectivity index (χ0v) is 21.5. The van der Waals surface area contributed by atoms with Crippen molar-refractivity contribution in [3.8, 4) is 0 Å².